The fourth-order valence-corrected chi connectivity index (χ4v) is 2.99. The number of anilines is 1. The molecule has 3 rings (SSSR count). The van der Waals surface area contributed by atoms with Gasteiger partial charge in [0.05, 0.1) is 19.3 Å². The number of ether oxygens (including phenoxy) is 1. The minimum Gasteiger partial charge on any atom is -0.377 e. The molecular weight excluding hydrogens is 276 g/mol. The maximum absolute atomic E-state index is 5.53. The Morgan fingerprint density at radius 1 is 1.55 bits per heavy atom. The number of aromatic amines is 1. The van der Waals surface area contributed by atoms with Gasteiger partial charge in [-0.25, -0.2) is 4.98 Å². The van der Waals surface area contributed by atoms with E-state index in [1.54, 1.807) is 0 Å². The minimum absolute atomic E-state index is 0.310. The molecule has 116 valence electrons. The molecule has 0 bridgehead atoms. The zero-order valence-electron chi connectivity index (χ0n) is 13.4. The van der Waals surface area contributed by atoms with E-state index in [0.717, 1.165) is 53.4 Å². The number of allylic oxidation sites excluding steroid dienone is 3. The van der Waals surface area contributed by atoms with Gasteiger partial charge in [0, 0.05) is 17.6 Å². The molecule has 5 heteroatoms. The zero-order valence-corrected chi connectivity index (χ0v) is 13.4. The van der Waals surface area contributed by atoms with Crippen LogP contribution in [0.2, 0.25) is 0 Å². The average molecular weight is 298 g/mol. The molecule has 1 saturated heterocycles. The highest BCUT2D eigenvalue weighted by Gasteiger charge is 2.22. The number of fused-ring (bicyclic) bond motifs is 1. The Balaban J connectivity index is 2.19. The Labute approximate surface area is 130 Å². The predicted octanol–water partition coefficient (Wildman–Crippen LogP) is 3.08. The van der Waals surface area contributed by atoms with Gasteiger partial charge in [0.15, 0.2) is 5.65 Å². The predicted molar refractivity (Wildman–Crippen MR) is 90.1 cm³/mol. The van der Waals surface area contributed by atoms with Gasteiger partial charge < -0.3 is 9.64 Å². The second kappa shape index (κ2) is 5.93. The minimum atomic E-state index is 0.310. The van der Waals surface area contributed by atoms with Crippen molar-refractivity contribution in [3.8, 4) is 0 Å². The second-order valence-corrected chi connectivity index (χ2v) is 5.64. The number of hydrogen-bond acceptors (Lipinski definition) is 4. The number of hydrogen-bond donors (Lipinski definition) is 1. The lowest BCUT2D eigenvalue weighted by atomic mass is 10.0. The summed E-state index contributed by atoms with van der Waals surface area (Å²) in [5.74, 6) is 0.950. The molecule has 0 amide bonds. The molecule has 1 fully saturated rings. The van der Waals surface area contributed by atoms with Gasteiger partial charge in [-0.3, -0.25) is 5.10 Å². The average Bonchev–Trinajstić information content (AvgIpc) is 2.90. The topological polar surface area (TPSA) is 54.0 Å². The molecule has 0 saturated carbocycles. The van der Waals surface area contributed by atoms with Gasteiger partial charge in [0.2, 0.25) is 0 Å². The molecule has 1 aliphatic rings. The van der Waals surface area contributed by atoms with Crippen molar-refractivity contribution in [2.75, 3.05) is 24.7 Å². The van der Waals surface area contributed by atoms with Crippen molar-refractivity contribution in [2.45, 2.75) is 26.8 Å². The van der Waals surface area contributed by atoms with Crippen LogP contribution in [0.4, 0.5) is 5.82 Å². The van der Waals surface area contributed by atoms with Crippen LogP contribution in [0.15, 0.2) is 24.8 Å². The first-order chi connectivity index (χ1) is 10.7. The van der Waals surface area contributed by atoms with Crippen LogP contribution in [0.5, 0.6) is 0 Å². The standard InChI is InChI=1S/C17H22N4O/c1-5-13(6-2)14-9-15(21-7-8-22-10-11(21)3)18-17-16(14)12(4)19-20-17/h5-6,9,11H,1,7-8,10H2,2-4H3,(H,18,19,20)/b13-6+. The van der Waals surface area contributed by atoms with Gasteiger partial charge in [-0.05, 0) is 38.0 Å². The lowest BCUT2D eigenvalue weighted by Gasteiger charge is -2.34. The van der Waals surface area contributed by atoms with Crippen LogP contribution in [-0.4, -0.2) is 41.0 Å². The Hall–Kier alpha value is -2.14. The number of H-pyrrole nitrogens is 1. The van der Waals surface area contributed by atoms with E-state index in [2.05, 4.69) is 40.7 Å². The van der Waals surface area contributed by atoms with Crippen molar-refractivity contribution in [3.05, 3.63) is 36.1 Å². The Morgan fingerprint density at radius 2 is 2.36 bits per heavy atom. The van der Waals surface area contributed by atoms with Gasteiger partial charge in [-0.15, -0.1) is 0 Å². The number of nitrogens with one attached hydrogen (secondary N) is 1. The molecule has 0 aliphatic carbocycles. The molecule has 1 atom stereocenters. The van der Waals surface area contributed by atoms with Crippen LogP contribution in [0, 0.1) is 6.92 Å². The molecule has 22 heavy (non-hydrogen) atoms. The first-order valence-corrected chi connectivity index (χ1v) is 7.65. The zero-order chi connectivity index (χ0) is 15.7. The van der Waals surface area contributed by atoms with Crippen molar-refractivity contribution >= 4 is 22.4 Å². The summed E-state index contributed by atoms with van der Waals surface area (Å²) in [6.07, 6.45) is 3.95. The second-order valence-electron chi connectivity index (χ2n) is 5.64. The van der Waals surface area contributed by atoms with Gasteiger partial charge in [-0.2, -0.15) is 5.10 Å². The molecule has 5 nitrogen and oxygen atoms in total. The van der Waals surface area contributed by atoms with E-state index in [1.807, 2.05) is 19.9 Å². The summed E-state index contributed by atoms with van der Waals surface area (Å²) >= 11 is 0. The van der Waals surface area contributed by atoms with Crippen molar-refractivity contribution in [2.24, 2.45) is 0 Å². The van der Waals surface area contributed by atoms with E-state index in [9.17, 15) is 0 Å². The van der Waals surface area contributed by atoms with Gasteiger partial charge in [-0.1, -0.05) is 18.7 Å². The van der Waals surface area contributed by atoms with Crippen molar-refractivity contribution in [1.82, 2.24) is 15.2 Å². The third kappa shape index (κ3) is 2.41. The highest BCUT2D eigenvalue weighted by Crippen LogP contribution is 2.31. The maximum Gasteiger partial charge on any atom is 0.183 e. The number of pyridine rings is 1. The largest absolute Gasteiger partial charge is 0.377 e. The normalized spacial score (nSPS) is 19.7. The summed E-state index contributed by atoms with van der Waals surface area (Å²) in [5.41, 5.74) is 4.01. The number of morpholine rings is 1. The van der Waals surface area contributed by atoms with Crippen LogP contribution < -0.4 is 4.90 Å². The maximum atomic E-state index is 5.53. The van der Waals surface area contributed by atoms with Crippen LogP contribution in [0.25, 0.3) is 16.6 Å². The molecule has 2 aromatic rings. The summed E-state index contributed by atoms with van der Waals surface area (Å²) in [4.78, 5) is 7.03. The van der Waals surface area contributed by atoms with E-state index < -0.39 is 0 Å². The summed E-state index contributed by atoms with van der Waals surface area (Å²) in [6.45, 7) is 12.4. The fourth-order valence-electron chi connectivity index (χ4n) is 2.99. The van der Waals surface area contributed by atoms with E-state index >= 15 is 0 Å². The molecule has 1 unspecified atom stereocenters. The highest BCUT2D eigenvalue weighted by molar-refractivity contribution is 5.95. The number of aryl methyl sites for hydroxylation is 1. The van der Waals surface area contributed by atoms with Crippen molar-refractivity contribution < 1.29 is 4.74 Å². The highest BCUT2D eigenvalue weighted by atomic mass is 16.5. The van der Waals surface area contributed by atoms with Gasteiger partial charge >= 0.3 is 0 Å². The smallest absolute Gasteiger partial charge is 0.183 e. The first-order valence-electron chi connectivity index (χ1n) is 7.65. The van der Waals surface area contributed by atoms with Crippen LogP contribution >= 0.6 is 0 Å². The molecule has 0 radical (unpaired) electrons. The first kappa shape index (κ1) is 14.8. The molecule has 3 heterocycles. The third-order valence-electron chi connectivity index (χ3n) is 4.20. The summed E-state index contributed by atoms with van der Waals surface area (Å²) in [5, 5.41) is 8.47. The van der Waals surface area contributed by atoms with Crippen LogP contribution in [0.1, 0.15) is 25.1 Å². The fraction of sp³-hybridized carbons (Fsp3) is 0.412. The molecule has 2 aromatic heterocycles. The molecule has 0 spiro atoms. The van der Waals surface area contributed by atoms with Crippen molar-refractivity contribution in [3.63, 3.8) is 0 Å². The Bertz CT molecular complexity index is 732. The monoisotopic (exact) mass is 298 g/mol. The summed E-state index contributed by atoms with van der Waals surface area (Å²) in [7, 11) is 0. The van der Waals surface area contributed by atoms with E-state index in [4.69, 9.17) is 9.72 Å². The summed E-state index contributed by atoms with van der Waals surface area (Å²) < 4.78 is 5.53. The lowest BCUT2D eigenvalue weighted by Crippen LogP contribution is -2.44. The molecular formula is C17H22N4O. The Kier molecular flexibility index (Phi) is 3.98. The number of rotatable bonds is 3. The van der Waals surface area contributed by atoms with Crippen molar-refractivity contribution in [1.29, 1.82) is 0 Å². The Morgan fingerprint density at radius 3 is 3.05 bits per heavy atom. The number of nitrogens with zero attached hydrogens (tertiary/aromatic N) is 3. The molecule has 0 aromatic carbocycles. The number of aromatic nitrogens is 3. The van der Waals surface area contributed by atoms with E-state index in [1.165, 1.54) is 0 Å². The van der Waals surface area contributed by atoms with Gasteiger partial charge in [0.25, 0.3) is 0 Å². The SMILES string of the molecule is C=C/C(=C\C)c1cc(N2CCOCC2C)nc2n[nH]c(C)c12. The van der Waals surface area contributed by atoms with E-state index in [-0.39, 0.29) is 0 Å². The van der Waals surface area contributed by atoms with Crippen LogP contribution in [0.3, 0.4) is 0 Å². The molecule has 1 N–H and O–H groups in total. The quantitative estimate of drug-likeness (QED) is 0.885. The third-order valence-corrected chi connectivity index (χ3v) is 4.20. The lowest BCUT2D eigenvalue weighted by molar-refractivity contribution is 0.0985. The van der Waals surface area contributed by atoms with Gasteiger partial charge in [0.1, 0.15) is 5.82 Å². The summed E-state index contributed by atoms with van der Waals surface area (Å²) in [6, 6.07) is 2.45. The molecule has 1 aliphatic heterocycles. The van der Waals surface area contributed by atoms with Crippen LogP contribution in [-0.2, 0) is 4.74 Å². The van der Waals surface area contributed by atoms with E-state index in [0.29, 0.717) is 6.04 Å².